The minimum Gasteiger partial charge on any atom is -0.444 e. The molecule has 0 atom stereocenters. The molecule has 1 N–H and O–H groups in total. The maximum atomic E-state index is 11.8. The zero-order valence-corrected chi connectivity index (χ0v) is 12.4. The highest BCUT2D eigenvalue weighted by atomic mass is 16.5. The van der Waals surface area contributed by atoms with Gasteiger partial charge in [-0.15, -0.1) is 0 Å². The van der Waals surface area contributed by atoms with E-state index in [4.69, 9.17) is 4.74 Å². The summed E-state index contributed by atoms with van der Waals surface area (Å²) in [5, 5.41) is 7.88. The number of nitrogens with zero attached hydrogens (tertiary/aromatic N) is 3. The molecule has 1 amide bonds. The van der Waals surface area contributed by atoms with Crippen LogP contribution in [0, 0.1) is 6.92 Å². The van der Waals surface area contributed by atoms with Crippen LogP contribution in [-0.2, 0) is 18.4 Å². The predicted molar refractivity (Wildman–Crippen MR) is 83.5 cm³/mol. The lowest BCUT2D eigenvalue weighted by Gasteiger charge is -2.07. The van der Waals surface area contributed by atoms with Gasteiger partial charge in [0.15, 0.2) is 5.65 Å². The van der Waals surface area contributed by atoms with Gasteiger partial charge in [0, 0.05) is 12.4 Å². The first kappa shape index (κ1) is 14.1. The molecule has 0 saturated heterocycles. The third-order valence-corrected chi connectivity index (χ3v) is 3.32. The van der Waals surface area contributed by atoms with Crippen LogP contribution in [0.3, 0.4) is 0 Å². The van der Waals surface area contributed by atoms with Crippen LogP contribution < -0.4 is 5.32 Å². The molecule has 1 aromatic carbocycles. The second-order valence-corrected chi connectivity index (χ2v) is 4.99. The maximum Gasteiger partial charge on any atom is 0.412 e. The number of aryl methyl sites for hydroxylation is 2. The maximum absolute atomic E-state index is 11.8. The second kappa shape index (κ2) is 5.85. The van der Waals surface area contributed by atoms with Gasteiger partial charge in [0.25, 0.3) is 0 Å². The van der Waals surface area contributed by atoms with Crippen LogP contribution in [0.15, 0.2) is 42.6 Å². The molecule has 0 spiro atoms. The summed E-state index contributed by atoms with van der Waals surface area (Å²) in [5.41, 5.74) is 3.17. The summed E-state index contributed by atoms with van der Waals surface area (Å²) >= 11 is 0. The molecule has 0 aliphatic rings. The van der Waals surface area contributed by atoms with Crippen LogP contribution in [0.4, 0.5) is 10.5 Å². The Morgan fingerprint density at radius 2 is 2.09 bits per heavy atom. The van der Waals surface area contributed by atoms with E-state index in [1.165, 1.54) is 0 Å². The number of nitrogens with one attached hydrogen (secondary N) is 1. The van der Waals surface area contributed by atoms with E-state index in [1.807, 2.05) is 50.4 Å². The van der Waals surface area contributed by atoms with Gasteiger partial charge in [-0.3, -0.25) is 10.00 Å². The Bertz CT molecular complexity index is 812. The van der Waals surface area contributed by atoms with Gasteiger partial charge in [-0.25, -0.2) is 9.78 Å². The highest BCUT2D eigenvalue weighted by molar-refractivity contribution is 5.89. The monoisotopic (exact) mass is 296 g/mol. The van der Waals surface area contributed by atoms with Crippen molar-refractivity contribution in [2.45, 2.75) is 13.5 Å². The molecule has 3 aromatic rings. The molecule has 0 radical (unpaired) electrons. The van der Waals surface area contributed by atoms with Gasteiger partial charge in [-0.1, -0.05) is 30.3 Å². The van der Waals surface area contributed by atoms with Crippen molar-refractivity contribution < 1.29 is 9.53 Å². The van der Waals surface area contributed by atoms with Crippen LogP contribution >= 0.6 is 0 Å². The molecule has 6 heteroatoms. The average Bonchev–Trinajstić information content (AvgIpc) is 2.81. The Labute approximate surface area is 127 Å². The Kier molecular flexibility index (Phi) is 3.74. The summed E-state index contributed by atoms with van der Waals surface area (Å²) in [5.74, 6) is 0. The van der Waals surface area contributed by atoms with Crippen molar-refractivity contribution in [2.24, 2.45) is 7.05 Å². The van der Waals surface area contributed by atoms with Gasteiger partial charge in [-0.05, 0) is 18.6 Å². The molecule has 0 aliphatic carbocycles. The molecule has 2 heterocycles. The van der Waals surface area contributed by atoms with Crippen LogP contribution in [0.5, 0.6) is 0 Å². The molecule has 0 saturated carbocycles. The SMILES string of the molecule is Cc1nn(C)c2ncc(NC(=O)OCc3ccccc3)cc12. The third kappa shape index (κ3) is 2.90. The topological polar surface area (TPSA) is 69.0 Å². The number of benzene rings is 1. The van der Waals surface area contributed by atoms with Crippen LogP contribution in [0.2, 0.25) is 0 Å². The third-order valence-electron chi connectivity index (χ3n) is 3.32. The summed E-state index contributed by atoms with van der Waals surface area (Å²) in [6, 6.07) is 11.4. The Balaban J connectivity index is 1.67. The minimum absolute atomic E-state index is 0.230. The number of anilines is 1. The quantitative estimate of drug-likeness (QED) is 0.806. The second-order valence-electron chi connectivity index (χ2n) is 4.99. The van der Waals surface area contributed by atoms with Crippen LogP contribution in [-0.4, -0.2) is 20.9 Å². The van der Waals surface area contributed by atoms with Crippen molar-refractivity contribution in [1.29, 1.82) is 0 Å². The fourth-order valence-electron chi connectivity index (χ4n) is 2.25. The molecule has 0 bridgehead atoms. The van der Waals surface area contributed by atoms with Gasteiger partial charge >= 0.3 is 6.09 Å². The number of hydrogen-bond donors (Lipinski definition) is 1. The largest absolute Gasteiger partial charge is 0.444 e. The first-order valence-electron chi connectivity index (χ1n) is 6.90. The zero-order chi connectivity index (χ0) is 15.5. The van der Waals surface area contributed by atoms with E-state index in [2.05, 4.69) is 15.4 Å². The summed E-state index contributed by atoms with van der Waals surface area (Å²) in [6.45, 7) is 2.13. The fourth-order valence-corrected chi connectivity index (χ4v) is 2.25. The van der Waals surface area contributed by atoms with Crippen molar-refractivity contribution in [3.8, 4) is 0 Å². The highest BCUT2D eigenvalue weighted by Crippen LogP contribution is 2.19. The number of ether oxygens (including phenoxy) is 1. The number of carbonyl (C=O) groups is 1. The number of rotatable bonds is 3. The number of pyridine rings is 1. The summed E-state index contributed by atoms with van der Waals surface area (Å²) in [4.78, 5) is 16.1. The summed E-state index contributed by atoms with van der Waals surface area (Å²) < 4.78 is 6.89. The van der Waals surface area contributed by atoms with Crippen molar-refractivity contribution in [3.63, 3.8) is 0 Å². The fraction of sp³-hybridized carbons (Fsp3) is 0.188. The van der Waals surface area contributed by atoms with Gasteiger partial charge in [0.2, 0.25) is 0 Å². The predicted octanol–water partition coefficient (Wildman–Crippen LogP) is 3.03. The smallest absolute Gasteiger partial charge is 0.412 e. The number of fused-ring (bicyclic) bond motifs is 1. The molecule has 2 aromatic heterocycles. The molecule has 0 aliphatic heterocycles. The molecule has 3 rings (SSSR count). The number of hydrogen-bond acceptors (Lipinski definition) is 4. The van der Waals surface area contributed by atoms with Gasteiger partial charge < -0.3 is 4.74 Å². The number of amides is 1. The van der Waals surface area contributed by atoms with Crippen molar-refractivity contribution >= 4 is 22.8 Å². The van der Waals surface area contributed by atoms with Crippen molar-refractivity contribution in [3.05, 3.63) is 53.9 Å². The first-order valence-corrected chi connectivity index (χ1v) is 6.90. The van der Waals surface area contributed by atoms with E-state index in [-0.39, 0.29) is 6.61 Å². The Morgan fingerprint density at radius 1 is 1.32 bits per heavy atom. The first-order chi connectivity index (χ1) is 10.6. The molecular formula is C16H16N4O2. The molecule has 6 nitrogen and oxygen atoms in total. The molecule has 22 heavy (non-hydrogen) atoms. The van der Waals surface area contributed by atoms with E-state index < -0.39 is 6.09 Å². The standard InChI is InChI=1S/C16H16N4O2/c1-11-14-8-13(9-17-15(14)20(2)19-11)18-16(21)22-10-12-6-4-3-5-7-12/h3-9H,10H2,1-2H3,(H,18,21). The average molecular weight is 296 g/mol. The van der Waals surface area contributed by atoms with Gasteiger partial charge in [0.05, 0.1) is 17.6 Å². The Morgan fingerprint density at radius 3 is 2.86 bits per heavy atom. The van der Waals surface area contributed by atoms with E-state index in [0.717, 1.165) is 22.3 Å². The van der Waals surface area contributed by atoms with Gasteiger partial charge in [0.1, 0.15) is 6.61 Å². The zero-order valence-electron chi connectivity index (χ0n) is 12.4. The van der Waals surface area contributed by atoms with E-state index in [1.54, 1.807) is 10.9 Å². The Hall–Kier alpha value is -2.89. The lowest BCUT2D eigenvalue weighted by molar-refractivity contribution is 0.155. The highest BCUT2D eigenvalue weighted by Gasteiger charge is 2.09. The number of carbonyl (C=O) groups excluding carboxylic acids is 1. The molecule has 112 valence electrons. The van der Waals surface area contributed by atoms with Crippen molar-refractivity contribution in [2.75, 3.05) is 5.32 Å². The molecule has 0 unspecified atom stereocenters. The van der Waals surface area contributed by atoms with E-state index >= 15 is 0 Å². The normalized spacial score (nSPS) is 10.6. The lowest BCUT2D eigenvalue weighted by atomic mass is 10.2. The molecular weight excluding hydrogens is 280 g/mol. The summed E-state index contributed by atoms with van der Waals surface area (Å²) in [6.07, 6.45) is 1.08. The van der Waals surface area contributed by atoms with E-state index in [9.17, 15) is 4.79 Å². The lowest BCUT2D eigenvalue weighted by Crippen LogP contribution is -2.13. The summed E-state index contributed by atoms with van der Waals surface area (Å²) in [7, 11) is 1.84. The minimum atomic E-state index is -0.508. The van der Waals surface area contributed by atoms with Crippen LogP contribution in [0.25, 0.3) is 11.0 Å². The van der Waals surface area contributed by atoms with E-state index in [0.29, 0.717) is 5.69 Å². The van der Waals surface area contributed by atoms with Crippen molar-refractivity contribution in [1.82, 2.24) is 14.8 Å². The molecule has 0 fully saturated rings. The van der Waals surface area contributed by atoms with Gasteiger partial charge in [-0.2, -0.15) is 5.10 Å². The van der Waals surface area contributed by atoms with Crippen LogP contribution in [0.1, 0.15) is 11.3 Å². The number of aromatic nitrogens is 3.